The molecule has 0 aliphatic carbocycles. The molecule has 0 radical (unpaired) electrons. The van der Waals surface area contributed by atoms with Crippen LogP contribution in [0, 0.1) is 5.41 Å². The number of hydrogen-bond acceptors (Lipinski definition) is 2. The number of piperidine rings is 1. The summed E-state index contributed by atoms with van der Waals surface area (Å²) in [5.41, 5.74) is 1.24. The number of para-hydroxylation sites is 1. The third-order valence-corrected chi connectivity index (χ3v) is 3.46. The second-order valence-electron chi connectivity index (χ2n) is 4.46. The molecule has 1 atom stereocenters. The number of hydrogen-bond donors (Lipinski definition) is 1. The van der Waals surface area contributed by atoms with Crippen molar-refractivity contribution in [2.24, 2.45) is 0 Å². The van der Waals surface area contributed by atoms with Crippen LogP contribution in [0.2, 0.25) is 0 Å². The van der Waals surface area contributed by atoms with Crippen LogP contribution in [-0.4, -0.2) is 23.9 Å². The molecule has 0 bridgehead atoms. The fourth-order valence-electron chi connectivity index (χ4n) is 2.60. The van der Waals surface area contributed by atoms with Crippen molar-refractivity contribution in [1.82, 2.24) is 4.90 Å². The van der Waals surface area contributed by atoms with Crippen LogP contribution in [-0.2, 0) is 0 Å². The van der Waals surface area contributed by atoms with E-state index in [0.717, 1.165) is 31.0 Å². The molecule has 0 amide bonds. The van der Waals surface area contributed by atoms with E-state index in [0.29, 0.717) is 6.61 Å². The molecule has 1 fully saturated rings. The van der Waals surface area contributed by atoms with Crippen LogP contribution in [0.4, 0.5) is 0 Å². The molecule has 1 saturated heterocycles. The zero-order valence-electron chi connectivity index (χ0n) is 9.28. The van der Waals surface area contributed by atoms with Gasteiger partial charge in [-0.05, 0) is 18.9 Å². The molecule has 2 heterocycles. The lowest BCUT2D eigenvalue weighted by atomic mass is 10.0. The SMILES string of the molecule is N=C1CCCCN1C1COc2ccccc21. The van der Waals surface area contributed by atoms with Crippen molar-refractivity contribution in [1.29, 1.82) is 5.41 Å². The smallest absolute Gasteiger partial charge is 0.124 e. The molecule has 0 aromatic heterocycles. The summed E-state index contributed by atoms with van der Waals surface area (Å²) in [6, 6.07) is 8.46. The Balaban J connectivity index is 1.89. The van der Waals surface area contributed by atoms with Gasteiger partial charge in [0.15, 0.2) is 0 Å². The van der Waals surface area contributed by atoms with E-state index in [2.05, 4.69) is 11.0 Å². The molecular weight excluding hydrogens is 200 g/mol. The van der Waals surface area contributed by atoms with Gasteiger partial charge in [0.25, 0.3) is 0 Å². The molecule has 3 rings (SSSR count). The van der Waals surface area contributed by atoms with E-state index >= 15 is 0 Å². The van der Waals surface area contributed by atoms with Gasteiger partial charge in [0, 0.05) is 18.5 Å². The standard InChI is InChI=1S/C13H16N2O/c14-13-7-3-4-8-15(13)11-9-16-12-6-2-1-5-10(11)12/h1-2,5-6,11,14H,3-4,7-9H2. The van der Waals surface area contributed by atoms with Crippen LogP contribution in [0.15, 0.2) is 24.3 Å². The van der Waals surface area contributed by atoms with Gasteiger partial charge in [0.1, 0.15) is 12.4 Å². The molecule has 84 valence electrons. The first-order chi connectivity index (χ1) is 7.86. The van der Waals surface area contributed by atoms with Crippen molar-refractivity contribution in [3.63, 3.8) is 0 Å². The molecule has 2 aliphatic heterocycles. The minimum atomic E-state index is 0.268. The summed E-state index contributed by atoms with van der Waals surface area (Å²) in [4.78, 5) is 2.20. The van der Waals surface area contributed by atoms with Crippen molar-refractivity contribution < 1.29 is 4.74 Å². The molecule has 1 unspecified atom stereocenters. The number of likely N-dealkylation sites (tertiary alicyclic amines) is 1. The number of ether oxygens (including phenoxy) is 1. The zero-order valence-corrected chi connectivity index (χ0v) is 9.28. The Morgan fingerprint density at radius 2 is 2.12 bits per heavy atom. The number of nitrogens with zero attached hydrogens (tertiary/aromatic N) is 1. The van der Waals surface area contributed by atoms with Crippen LogP contribution in [0.3, 0.4) is 0 Å². The van der Waals surface area contributed by atoms with Gasteiger partial charge in [0.2, 0.25) is 0 Å². The first kappa shape index (κ1) is 9.70. The summed E-state index contributed by atoms with van der Waals surface area (Å²) in [5.74, 6) is 1.77. The van der Waals surface area contributed by atoms with Gasteiger partial charge < -0.3 is 9.64 Å². The highest BCUT2D eigenvalue weighted by Crippen LogP contribution is 2.37. The topological polar surface area (TPSA) is 36.3 Å². The van der Waals surface area contributed by atoms with E-state index in [9.17, 15) is 0 Å². The average molecular weight is 216 g/mol. The van der Waals surface area contributed by atoms with E-state index < -0.39 is 0 Å². The number of nitrogens with one attached hydrogen (secondary N) is 1. The molecule has 3 nitrogen and oxygen atoms in total. The Bertz CT molecular complexity index is 416. The fraction of sp³-hybridized carbons (Fsp3) is 0.462. The highest BCUT2D eigenvalue weighted by molar-refractivity contribution is 5.80. The first-order valence-corrected chi connectivity index (χ1v) is 5.92. The van der Waals surface area contributed by atoms with Crippen LogP contribution in [0.5, 0.6) is 5.75 Å². The van der Waals surface area contributed by atoms with Crippen molar-refractivity contribution in [2.75, 3.05) is 13.2 Å². The second-order valence-corrected chi connectivity index (χ2v) is 4.46. The summed E-state index contributed by atoms with van der Waals surface area (Å²) in [6.07, 6.45) is 3.27. The molecular formula is C13H16N2O. The Morgan fingerprint density at radius 1 is 1.25 bits per heavy atom. The fourth-order valence-corrected chi connectivity index (χ4v) is 2.60. The predicted molar refractivity (Wildman–Crippen MR) is 63.0 cm³/mol. The van der Waals surface area contributed by atoms with Gasteiger partial charge in [-0.15, -0.1) is 0 Å². The Kier molecular flexibility index (Phi) is 2.31. The summed E-state index contributed by atoms with van der Waals surface area (Å²) in [6.45, 7) is 1.70. The quantitative estimate of drug-likeness (QED) is 0.783. The van der Waals surface area contributed by atoms with Crippen molar-refractivity contribution >= 4 is 5.84 Å². The summed E-state index contributed by atoms with van der Waals surface area (Å²) >= 11 is 0. The summed E-state index contributed by atoms with van der Waals surface area (Å²) in [7, 11) is 0. The van der Waals surface area contributed by atoms with E-state index in [4.69, 9.17) is 10.1 Å². The Hall–Kier alpha value is -1.51. The number of rotatable bonds is 1. The summed E-state index contributed by atoms with van der Waals surface area (Å²) < 4.78 is 5.67. The van der Waals surface area contributed by atoms with Gasteiger partial charge in [-0.25, -0.2) is 0 Å². The lowest BCUT2D eigenvalue weighted by molar-refractivity contribution is 0.222. The molecule has 1 aromatic carbocycles. The Morgan fingerprint density at radius 3 is 3.00 bits per heavy atom. The number of fused-ring (bicyclic) bond motifs is 1. The minimum absolute atomic E-state index is 0.268. The third kappa shape index (κ3) is 1.47. The van der Waals surface area contributed by atoms with Gasteiger partial charge in [-0.2, -0.15) is 0 Å². The van der Waals surface area contributed by atoms with Gasteiger partial charge in [-0.1, -0.05) is 18.2 Å². The highest BCUT2D eigenvalue weighted by Gasteiger charge is 2.31. The normalized spacial score (nSPS) is 24.1. The first-order valence-electron chi connectivity index (χ1n) is 5.92. The van der Waals surface area contributed by atoms with E-state index in [1.165, 1.54) is 12.0 Å². The second kappa shape index (κ2) is 3.81. The van der Waals surface area contributed by atoms with Gasteiger partial charge in [0.05, 0.1) is 11.9 Å². The highest BCUT2D eigenvalue weighted by atomic mass is 16.5. The van der Waals surface area contributed by atoms with Crippen molar-refractivity contribution in [2.45, 2.75) is 25.3 Å². The molecule has 2 aliphatic rings. The van der Waals surface area contributed by atoms with E-state index in [-0.39, 0.29) is 6.04 Å². The van der Waals surface area contributed by atoms with Crippen molar-refractivity contribution in [3.8, 4) is 5.75 Å². The molecule has 0 spiro atoms. The van der Waals surface area contributed by atoms with Crippen molar-refractivity contribution in [3.05, 3.63) is 29.8 Å². The third-order valence-electron chi connectivity index (χ3n) is 3.46. The molecule has 0 saturated carbocycles. The van der Waals surface area contributed by atoms with Crippen LogP contribution >= 0.6 is 0 Å². The number of amidine groups is 1. The minimum Gasteiger partial charge on any atom is -0.491 e. The molecule has 1 N–H and O–H groups in total. The maximum absolute atomic E-state index is 8.02. The maximum atomic E-state index is 8.02. The molecule has 16 heavy (non-hydrogen) atoms. The van der Waals surface area contributed by atoms with Gasteiger partial charge in [-0.3, -0.25) is 5.41 Å². The zero-order chi connectivity index (χ0) is 11.0. The molecule has 1 aromatic rings. The lowest BCUT2D eigenvalue weighted by Crippen LogP contribution is -2.38. The van der Waals surface area contributed by atoms with E-state index in [1.54, 1.807) is 0 Å². The number of benzene rings is 1. The summed E-state index contributed by atoms with van der Waals surface area (Å²) in [5, 5.41) is 8.02. The van der Waals surface area contributed by atoms with Gasteiger partial charge >= 0.3 is 0 Å². The molecule has 3 heteroatoms. The van der Waals surface area contributed by atoms with Crippen LogP contribution < -0.4 is 4.74 Å². The predicted octanol–water partition coefficient (Wildman–Crippen LogP) is 2.58. The largest absolute Gasteiger partial charge is 0.491 e. The van der Waals surface area contributed by atoms with E-state index in [1.807, 2.05) is 18.2 Å². The monoisotopic (exact) mass is 216 g/mol. The Labute approximate surface area is 95.5 Å². The maximum Gasteiger partial charge on any atom is 0.124 e. The van der Waals surface area contributed by atoms with Crippen LogP contribution in [0.1, 0.15) is 30.9 Å². The van der Waals surface area contributed by atoms with Crippen LogP contribution in [0.25, 0.3) is 0 Å². The lowest BCUT2D eigenvalue weighted by Gasteiger charge is -2.33. The average Bonchev–Trinajstić information content (AvgIpc) is 2.74.